The van der Waals surface area contributed by atoms with Gasteiger partial charge in [-0.05, 0) is 80.4 Å². The number of hydrogen-bond acceptors (Lipinski definition) is 5. The van der Waals surface area contributed by atoms with Gasteiger partial charge in [0.1, 0.15) is 0 Å². The number of alkyl halides is 3. The highest BCUT2D eigenvalue weighted by atomic mass is 19.4. The Balaban J connectivity index is 1.55. The number of nitrogens with one attached hydrogen (secondary N) is 1. The van der Waals surface area contributed by atoms with Crippen LogP contribution in [0.15, 0.2) is 82.3 Å². The second-order valence-corrected chi connectivity index (χ2v) is 8.78. The van der Waals surface area contributed by atoms with E-state index >= 15 is 0 Å². The first kappa shape index (κ1) is 26.5. The number of benzene rings is 2. The molecule has 1 aromatic heterocycles. The average molecular weight is 518 g/mol. The molecule has 3 N–H and O–H groups in total. The lowest BCUT2D eigenvalue weighted by Gasteiger charge is -2.15. The fraction of sp³-hybridized carbons (Fsp3) is 0.172. The standard InChI is InChI=1S/C29H26F3N5O/c1-4-19-13-25(34-15-26(19)35-16-27-24(33)11-9-18(3)36-27)23-14-22(10-8-17(23)2)37-28(38)20-6-5-7-21(12-20)29(30,31)32/h4-15H,16,33H2,1-3H3,(H,37,38)/b19-4-,35-26+. The summed E-state index contributed by atoms with van der Waals surface area (Å²) < 4.78 is 39.1. The van der Waals surface area contributed by atoms with Gasteiger partial charge in [0.2, 0.25) is 0 Å². The minimum atomic E-state index is -4.53. The van der Waals surface area contributed by atoms with E-state index in [1.54, 1.807) is 18.3 Å². The van der Waals surface area contributed by atoms with Gasteiger partial charge in [-0.2, -0.15) is 13.2 Å². The van der Waals surface area contributed by atoms with Crippen LogP contribution in [0.2, 0.25) is 0 Å². The number of carbonyl (C=O) groups is 1. The molecule has 1 aliphatic rings. The molecule has 38 heavy (non-hydrogen) atoms. The molecule has 9 heteroatoms. The number of allylic oxidation sites excluding steroid dienone is 3. The van der Waals surface area contributed by atoms with Crippen molar-refractivity contribution in [2.24, 2.45) is 9.98 Å². The Morgan fingerprint density at radius 3 is 2.63 bits per heavy atom. The van der Waals surface area contributed by atoms with Gasteiger partial charge in [0, 0.05) is 22.5 Å². The van der Waals surface area contributed by atoms with Crippen LogP contribution in [0.5, 0.6) is 0 Å². The van der Waals surface area contributed by atoms with Crippen molar-refractivity contribution in [3.05, 3.63) is 106 Å². The highest BCUT2D eigenvalue weighted by molar-refractivity contribution is 6.41. The van der Waals surface area contributed by atoms with E-state index < -0.39 is 17.6 Å². The minimum absolute atomic E-state index is 0.0855. The summed E-state index contributed by atoms with van der Waals surface area (Å²) in [5.41, 5.74) is 11.5. The lowest BCUT2D eigenvalue weighted by Crippen LogP contribution is -2.14. The molecule has 2 heterocycles. The van der Waals surface area contributed by atoms with Gasteiger partial charge in [-0.1, -0.05) is 18.2 Å². The van der Waals surface area contributed by atoms with Gasteiger partial charge >= 0.3 is 6.18 Å². The zero-order chi connectivity index (χ0) is 27.4. The smallest absolute Gasteiger partial charge is 0.397 e. The van der Waals surface area contributed by atoms with Crippen LogP contribution >= 0.6 is 0 Å². The molecule has 194 valence electrons. The number of hydrogen-bond donors (Lipinski definition) is 2. The highest BCUT2D eigenvalue weighted by Crippen LogP contribution is 2.30. The SMILES string of the molecule is C/C=C1/C=C(c2cc(NC(=O)c3cccc(C(F)(F)F)c3)ccc2C)N=C/C1=N\Cc1nc(C)ccc1N. The van der Waals surface area contributed by atoms with Crippen molar-refractivity contribution in [3.8, 4) is 0 Å². The lowest BCUT2D eigenvalue weighted by molar-refractivity contribution is -0.137. The fourth-order valence-electron chi connectivity index (χ4n) is 3.90. The third-order valence-corrected chi connectivity index (χ3v) is 6.00. The Morgan fingerprint density at radius 1 is 1.11 bits per heavy atom. The van der Waals surface area contributed by atoms with Crippen molar-refractivity contribution < 1.29 is 18.0 Å². The number of anilines is 2. The molecule has 0 aliphatic carbocycles. The van der Waals surface area contributed by atoms with Crippen molar-refractivity contribution in [1.29, 1.82) is 0 Å². The summed E-state index contributed by atoms with van der Waals surface area (Å²) in [6, 6.07) is 13.2. The molecule has 0 saturated heterocycles. The third-order valence-electron chi connectivity index (χ3n) is 6.00. The maximum Gasteiger partial charge on any atom is 0.416 e. The average Bonchev–Trinajstić information content (AvgIpc) is 2.89. The Bertz CT molecular complexity index is 1520. The van der Waals surface area contributed by atoms with Crippen molar-refractivity contribution in [2.75, 3.05) is 11.1 Å². The third kappa shape index (κ3) is 6.05. The fourth-order valence-corrected chi connectivity index (χ4v) is 3.90. The van der Waals surface area contributed by atoms with E-state index in [1.165, 1.54) is 12.1 Å². The molecule has 0 atom stereocenters. The van der Waals surface area contributed by atoms with Crippen LogP contribution < -0.4 is 11.1 Å². The van der Waals surface area contributed by atoms with E-state index in [-0.39, 0.29) is 5.56 Å². The Labute approximate surface area is 218 Å². The molecule has 0 fully saturated rings. The number of nitrogens with zero attached hydrogens (tertiary/aromatic N) is 3. The van der Waals surface area contributed by atoms with Crippen LogP contribution in [0.1, 0.15) is 45.4 Å². The molecule has 0 unspecified atom stereocenters. The van der Waals surface area contributed by atoms with Gasteiger partial charge in [0.05, 0.1) is 41.1 Å². The number of nitrogens with two attached hydrogens (primary N) is 1. The zero-order valence-corrected chi connectivity index (χ0v) is 21.1. The van der Waals surface area contributed by atoms with Crippen molar-refractivity contribution in [3.63, 3.8) is 0 Å². The Morgan fingerprint density at radius 2 is 1.89 bits per heavy atom. The van der Waals surface area contributed by atoms with Gasteiger partial charge in [-0.15, -0.1) is 0 Å². The maximum absolute atomic E-state index is 13.0. The number of carbonyl (C=O) groups excluding carboxylic acids is 1. The Kier molecular flexibility index (Phi) is 7.57. The summed E-state index contributed by atoms with van der Waals surface area (Å²) in [7, 11) is 0. The van der Waals surface area contributed by atoms with Gasteiger partial charge in [0.25, 0.3) is 5.91 Å². The maximum atomic E-state index is 13.0. The molecular formula is C29H26F3N5O. The predicted molar refractivity (Wildman–Crippen MR) is 145 cm³/mol. The van der Waals surface area contributed by atoms with Gasteiger partial charge < -0.3 is 11.1 Å². The Hall–Kier alpha value is -4.53. The van der Waals surface area contributed by atoms with Gasteiger partial charge in [0.15, 0.2) is 0 Å². The van der Waals surface area contributed by atoms with E-state index in [1.807, 2.05) is 51.1 Å². The molecular weight excluding hydrogens is 491 g/mol. The first-order chi connectivity index (χ1) is 18.0. The number of amides is 1. The highest BCUT2D eigenvalue weighted by Gasteiger charge is 2.31. The van der Waals surface area contributed by atoms with Crippen LogP contribution in [-0.4, -0.2) is 22.8 Å². The largest absolute Gasteiger partial charge is 0.416 e. The summed E-state index contributed by atoms with van der Waals surface area (Å²) in [5, 5.41) is 2.68. The van der Waals surface area contributed by atoms with Gasteiger partial charge in [-0.25, -0.2) is 0 Å². The van der Waals surface area contributed by atoms with Crippen molar-refractivity contribution in [1.82, 2.24) is 4.98 Å². The quantitative estimate of drug-likeness (QED) is 0.401. The summed E-state index contributed by atoms with van der Waals surface area (Å²) in [6.07, 6.45) is 0.955. The number of halogens is 3. The molecule has 3 aromatic rings. The lowest BCUT2D eigenvalue weighted by atomic mass is 9.99. The molecule has 4 rings (SSSR count). The topological polar surface area (TPSA) is 92.7 Å². The van der Waals surface area contributed by atoms with Crippen molar-refractivity contribution in [2.45, 2.75) is 33.5 Å². The monoisotopic (exact) mass is 517 g/mol. The van der Waals surface area contributed by atoms with E-state index in [4.69, 9.17) is 5.73 Å². The predicted octanol–water partition coefficient (Wildman–Crippen LogP) is 6.56. The van der Waals surface area contributed by atoms with Crippen LogP contribution in [0.25, 0.3) is 5.70 Å². The molecule has 0 radical (unpaired) electrons. The second-order valence-electron chi connectivity index (χ2n) is 8.78. The molecule has 1 amide bonds. The molecule has 6 nitrogen and oxygen atoms in total. The molecule has 0 bridgehead atoms. The molecule has 1 aliphatic heterocycles. The van der Waals surface area contributed by atoms with E-state index in [0.29, 0.717) is 35.0 Å². The second kappa shape index (κ2) is 10.8. The summed E-state index contributed by atoms with van der Waals surface area (Å²) in [4.78, 5) is 26.4. The number of nitrogen functional groups attached to an aromatic ring is 1. The molecule has 2 aromatic carbocycles. The molecule has 0 spiro atoms. The summed E-state index contributed by atoms with van der Waals surface area (Å²) in [5.74, 6) is -0.639. The first-order valence-electron chi connectivity index (χ1n) is 11.8. The zero-order valence-electron chi connectivity index (χ0n) is 21.1. The van der Waals surface area contributed by atoms with E-state index in [2.05, 4.69) is 20.3 Å². The summed E-state index contributed by atoms with van der Waals surface area (Å²) >= 11 is 0. The number of aromatic nitrogens is 1. The number of aliphatic imine (C=N–C) groups is 2. The van der Waals surface area contributed by atoms with Gasteiger partial charge in [-0.3, -0.25) is 19.8 Å². The van der Waals surface area contributed by atoms with E-state index in [0.717, 1.165) is 34.5 Å². The summed E-state index contributed by atoms with van der Waals surface area (Å²) in [6.45, 7) is 6.01. The van der Waals surface area contributed by atoms with Crippen LogP contribution in [0, 0.1) is 13.8 Å². The van der Waals surface area contributed by atoms with Crippen LogP contribution in [0.4, 0.5) is 24.5 Å². The number of rotatable bonds is 5. The number of aryl methyl sites for hydroxylation is 2. The number of pyridine rings is 1. The van der Waals surface area contributed by atoms with Crippen LogP contribution in [-0.2, 0) is 12.7 Å². The first-order valence-corrected chi connectivity index (χ1v) is 11.8. The van der Waals surface area contributed by atoms with Crippen LogP contribution in [0.3, 0.4) is 0 Å². The van der Waals surface area contributed by atoms with E-state index in [9.17, 15) is 18.0 Å². The molecule has 0 saturated carbocycles. The minimum Gasteiger partial charge on any atom is -0.397 e. The van der Waals surface area contributed by atoms with Crippen molar-refractivity contribution >= 4 is 34.9 Å². The normalized spacial score (nSPS) is 15.6.